The molecule has 1 N–H and O–H groups in total. The van der Waals surface area contributed by atoms with Crippen molar-refractivity contribution < 1.29 is 9.47 Å². The lowest BCUT2D eigenvalue weighted by Gasteiger charge is -2.14. The van der Waals surface area contributed by atoms with Gasteiger partial charge in [-0.2, -0.15) is 0 Å². The zero-order valence-corrected chi connectivity index (χ0v) is 6.72. The molecule has 0 aromatic heterocycles. The lowest BCUT2D eigenvalue weighted by Crippen LogP contribution is -2.18. The second kappa shape index (κ2) is 6.99. The molecule has 0 bridgehead atoms. The lowest BCUT2D eigenvalue weighted by molar-refractivity contribution is -0.138. The van der Waals surface area contributed by atoms with Gasteiger partial charge in [0, 0.05) is 26.2 Å². The fourth-order valence-corrected chi connectivity index (χ4v) is 0.704. The number of ether oxygens (including phenoxy) is 2. The van der Waals surface area contributed by atoms with E-state index in [4.69, 9.17) is 15.2 Å². The molecule has 0 aliphatic carbocycles. The lowest BCUT2D eigenvalue weighted by atomic mass is 10.4. The molecule has 0 aromatic rings. The molecule has 0 heterocycles. The Morgan fingerprint density at radius 2 is 1.70 bits per heavy atom. The standard InChI is InChI=1S/C7H16NO2/c1-3-9-7(5-6-8)10-4-2/h7-8H,3-6H2,1-2H3. The van der Waals surface area contributed by atoms with Crippen LogP contribution in [0, 0.1) is 0 Å². The van der Waals surface area contributed by atoms with Crippen LogP contribution in [-0.4, -0.2) is 26.0 Å². The van der Waals surface area contributed by atoms with E-state index in [-0.39, 0.29) is 6.29 Å². The summed E-state index contributed by atoms with van der Waals surface area (Å²) >= 11 is 0. The number of hydrogen-bond acceptors (Lipinski definition) is 2. The third-order valence-electron chi connectivity index (χ3n) is 1.09. The van der Waals surface area contributed by atoms with Crippen molar-refractivity contribution in [1.29, 1.82) is 0 Å². The van der Waals surface area contributed by atoms with Gasteiger partial charge in [-0.3, -0.25) is 5.73 Å². The van der Waals surface area contributed by atoms with Crippen LogP contribution in [0.15, 0.2) is 0 Å². The summed E-state index contributed by atoms with van der Waals surface area (Å²) in [6.45, 7) is 5.53. The van der Waals surface area contributed by atoms with Crippen LogP contribution in [0.5, 0.6) is 0 Å². The minimum atomic E-state index is -0.160. The molecule has 0 saturated carbocycles. The predicted molar refractivity (Wildman–Crippen MR) is 39.6 cm³/mol. The SMILES string of the molecule is CCOC(CC[NH])OCC. The summed E-state index contributed by atoms with van der Waals surface area (Å²) in [5, 5.41) is 0. The first kappa shape index (κ1) is 9.88. The van der Waals surface area contributed by atoms with Crippen molar-refractivity contribution in [3.63, 3.8) is 0 Å². The Bertz CT molecular complexity index is 54.4. The maximum Gasteiger partial charge on any atom is 0.158 e. The first-order valence-electron chi connectivity index (χ1n) is 3.72. The van der Waals surface area contributed by atoms with Crippen LogP contribution >= 0.6 is 0 Å². The Morgan fingerprint density at radius 3 is 2.00 bits per heavy atom. The van der Waals surface area contributed by atoms with Crippen molar-refractivity contribution in [2.75, 3.05) is 19.8 Å². The molecule has 0 unspecified atom stereocenters. The van der Waals surface area contributed by atoms with E-state index in [0.29, 0.717) is 26.2 Å². The molecule has 3 nitrogen and oxygen atoms in total. The Morgan fingerprint density at radius 1 is 1.20 bits per heavy atom. The smallest absolute Gasteiger partial charge is 0.158 e. The van der Waals surface area contributed by atoms with Gasteiger partial charge in [-0.1, -0.05) is 0 Å². The Kier molecular flexibility index (Phi) is 6.91. The van der Waals surface area contributed by atoms with Crippen LogP contribution in [-0.2, 0) is 9.47 Å². The van der Waals surface area contributed by atoms with Gasteiger partial charge in [0.15, 0.2) is 6.29 Å². The fourth-order valence-electron chi connectivity index (χ4n) is 0.704. The highest BCUT2D eigenvalue weighted by Crippen LogP contribution is 1.98. The van der Waals surface area contributed by atoms with Gasteiger partial charge in [0.2, 0.25) is 0 Å². The molecule has 0 amide bonds. The highest BCUT2D eigenvalue weighted by molar-refractivity contribution is 4.43. The topological polar surface area (TPSA) is 42.3 Å². The third kappa shape index (κ3) is 4.73. The van der Waals surface area contributed by atoms with E-state index in [9.17, 15) is 0 Å². The van der Waals surface area contributed by atoms with Crippen molar-refractivity contribution >= 4 is 0 Å². The second-order valence-corrected chi connectivity index (χ2v) is 1.88. The van der Waals surface area contributed by atoms with Gasteiger partial charge in [0.25, 0.3) is 0 Å². The summed E-state index contributed by atoms with van der Waals surface area (Å²) in [5.74, 6) is 0. The number of rotatable bonds is 6. The first-order chi connectivity index (χ1) is 4.85. The van der Waals surface area contributed by atoms with Gasteiger partial charge in [-0.25, -0.2) is 0 Å². The second-order valence-electron chi connectivity index (χ2n) is 1.88. The van der Waals surface area contributed by atoms with E-state index in [1.807, 2.05) is 13.8 Å². The number of nitrogens with one attached hydrogen (secondary N) is 1. The van der Waals surface area contributed by atoms with E-state index in [2.05, 4.69) is 0 Å². The summed E-state index contributed by atoms with van der Waals surface area (Å²) in [6.07, 6.45) is 0.509. The molecule has 0 aromatic carbocycles. The predicted octanol–water partition coefficient (Wildman–Crippen LogP) is 1.06. The van der Waals surface area contributed by atoms with Crippen molar-refractivity contribution in [2.45, 2.75) is 26.6 Å². The van der Waals surface area contributed by atoms with Gasteiger partial charge in [-0.15, -0.1) is 0 Å². The first-order valence-corrected chi connectivity index (χ1v) is 3.72. The highest BCUT2D eigenvalue weighted by Gasteiger charge is 2.04. The average molecular weight is 146 g/mol. The zero-order chi connectivity index (χ0) is 7.82. The molecule has 1 radical (unpaired) electrons. The maximum atomic E-state index is 6.93. The quantitative estimate of drug-likeness (QED) is 0.526. The van der Waals surface area contributed by atoms with Crippen molar-refractivity contribution in [3.8, 4) is 0 Å². The van der Waals surface area contributed by atoms with Crippen LogP contribution in [0.3, 0.4) is 0 Å². The molecule has 0 aliphatic heterocycles. The van der Waals surface area contributed by atoms with Crippen molar-refractivity contribution in [2.24, 2.45) is 0 Å². The Labute approximate surface area is 62.5 Å². The van der Waals surface area contributed by atoms with Gasteiger partial charge in [-0.05, 0) is 13.8 Å². The van der Waals surface area contributed by atoms with Gasteiger partial charge in [0.05, 0.1) is 0 Å². The summed E-state index contributed by atoms with van der Waals surface area (Å²) in [4.78, 5) is 0. The minimum absolute atomic E-state index is 0.160. The molecular weight excluding hydrogens is 130 g/mol. The van der Waals surface area contributed by atoms with E-state index >= 15 is 0 Å². The minimum Gasteiger partial charge on any atom is -0.353 e. The van der Waals surface area contributed by atoms with E-state index < -0.39 is 0 Å². The molecule has 10 heavy (non-hydrogen) atoms. The number of hydrogen-bond donors (Lipinski definition) is 0. The molecule has 0 atom stereocenters. The normalized spacial score (nSPS) is 10.8. The summed E-state index contributed by atoms with van der Waals surface area (Å²) in [7, 11) is 0. The molecule has 0 fully saturated rings. The molecule has 0 spiro atoms. The van der Waals surface area contributed by atoms with Crippen molar-refractivity contribution in [3.05, 3.63) is 0 Å². The molecular formula is C7H16NO2. The van der Waals surface area contributed by atoms with E-state index in [1.54, 1.807) is 0 Å². The highest BCUT2D eigenvalue weighted by atomic mass is 16.7. The summed E-state index contributed by atoms with van der Waals surface area (Å²) in [6, 6.07) is 0. The van der Waals surface area contributed by atoms with Crippen LogP contribution in [0.2, 0.25) is 0 Å². The molecule has 3 heteroatoms. The van der Waals surface area contributed by atoms with Crippen LogP contribution in [0.25, 0.3) is 0 Å². The molecule has 61 valence electrons. The van der Waals surface area contributed by atoms with Gasteiger partial charge in [0.1, 0.15) is 0 Å². The summed E-state index contributed by atoms with van der Waals surface area (Å²) in [5.41, 5.74) is 6.93. The average Bonchev–Trinajstić information content (AvgIpc) is 1.90. The molecule has 0 rings (SSSR count). The van der Waals surface area contributed by atoms with Gasteiger partial charge >= 0.3 is 0 Å². The fraction of sp³-hybridized carbons (Fsp3) is 1.00. The largest absolute Gasteiger partial charge is 0.353 e. The van der Waals surface area contributed by atoms with Crippen LogP contribution in [0.4, 0.5) is 0 Å². The van der Waals surface area contributed by atoms with E-state index in [1.165, 1.54) is 0 Å². The van der Waals surface area contributed by atoms with Crippen molar-refractivity contribution in [1.82, 2.24) is 5.73 Å². The van der Waals surface area contributed by atoms with E-state index in [0.717, 1.165) is 0 Å². The Hall–Kier alpha value is -0.120. The third-order valence-corrected chi connectivity index (χ3v) is 1.09. The van der Waals surface area contributed by atoms with Crippen LogP contribution in [0.1, 0.15) is 20.3 Å². The molecule has 0 aliphatic rings. The molecule has 0 saturated heterocycles. The Balaban J connectivity index is 3.30. The zero-order valence-electron chi connectivity index (χ0n) is 6.72. The maximum absolute atomic E-state index is 6.93. The van der Waals surface area contributed by atoms with Gasteiger partial charge < -0.3 is 9.47 Å². The monoisotopic (exact) mass is 146 g/mol. The van der Waals surface area contributed by atoms with Crippen LogP contribution < -0.4 is 5.73 Å². The summed E-state index contributed by atoms with van der Waals surface area (Å²) < 4.78 is 10.4.